The number of carboxylic acid groups (broad SMARTS) is 1. The van der Waals surface area contributed by atoms with E-state index in [4.69, 9.17) is 4.74 Å². The number of aryl methyl sites for hydroxylation is 2. The first-order valence-corrected chi connectivity index (χ1v) is 8.23. The topological polar surface area (TPSA) is 66.8 Å². The molecule has 124 valence electrons. The van der Waals surface area contributed by atoms with Crippen LogP contribution in [0.4, 0.5) is 0 Å². The zero-order chi connectivity index (χ0) is 16.6. The Balaban J connectivity index is 1.75. The Labute approximate surface area is 136 Å². The fourth-order valence-corrected chi connectivity index (χ4v) is 3.56. The van der Waals surface area contributed by atoms with E-state index in [-0.39, 0.29) is 5.91 Å². The van der Waals surface area contributed by atoms with E-state index in [1.165, 1.54) is 16.0 Å². The summed E-state index contributed by atoms with van der Waals surface area (Å²) < 4.78 is 5.95. The maximum absolute atomic E-state index is 12.8. The van der Waals surface area contributed by atoms with Crippen LogP contribution in [0.2, 0.25) is 0 Å². The molecule has 1 atom stereocenters. The number of fused-ring (bicyclic) bond motifs is 1. The van der Waals surface area contributed by atoms with E-state index in [2.05, 4.69) is 6.07 Å². The van der Waals surface area contributed by atoms with E-state index in [1.807, 2.05) is 12.1 Å². The van der Waals surface area contributed by atoms with E-state index < -0.39 is 17.6 Å². The molecule has 2 aliphatic rings. The van der Waals surface area contributed by atoms with Crippen LogP contribution in [0.15, 0.2) is 18.2 Å². The Morgan fingerprint density at radius 3 is 2.70 bits per heavy atom. The summed E-state index contributed by atoms with van der Waals surface area (Å²) in [4.78, 5) is 25.5. The summed E-state index contributed by atoms with van der Waals surface area (Å²) in [6.07, 6.45) is 4.54. The Hall–Kier alpha value is -2.04. The minimum atomic E-state index is -1.08. The second-order valence-corrected chi connectivity index (χ2v) is 6.89. The second-order valence-electron chi connectivity index (χ2n) is 6.89. The van der Waals surface area contributed by atoms with E-state index >= 15 is 0 Å². The number of carbonyl (C=O) groups is 2. The lowest BCUT2D eigenvalue weighted by Crippen LogP contribution is -2.52. The van der Waals surface area contributed by atoms with Gasteiger partial charge in [-0.25, -0.2) is 4.79 Å². The van der Waals surface area contributed by atoms with Crippen molar-refractivity contribution in [3.8, 4) is 5.75 Å². The zero-order valence-corrected chi connectivity index (χ0v) is 13.7. The standard InChI is InChI=1S/C18H23NO4/c1-18(2,17(22)19-10-4-7-15(19)16(20)21)23-14-9-8-12-5-3-6-13(12)11-14/h8-9,11,15H,3-7,10H2,1-2H3,(H,20,21). The van der Waals surface area contributed by atoms with Crippen LogP contribution in [0.1, 0.15) is 44.2 Å². The lowest BCUT2D eigenvalue weighted by molar-refractivity contribution is -0.155. The number of hydrogen-bond donors (Lipinski definition) is 1. The van der Waals surface area contributed by atoms with Gasteiger partial charge in [0.1, 0.15) is 11.8 Å². The molecule has 5 heteroatoms. The Bertz CT molecular complexity index is 638. The SMILES string of the molecule is CC(C)(Oc1ccc2c(c1)CCC2)C(=O)N1CCCC1C(=O)O. The number of likely N-dealkylation sites (tertiary alicyclic amines) is 1. The molecule has 0 spiro atoms. The largest absolute Gasteiger partial charge is 0.480 e. The first kappa shape index (κ1) is 15.8. The molecule has 0 radical (unpaired) electrons. The number of aliphatic carboxylic acids is 1. The molecule has 1 aliphatic heterocycles. The molecule has 1 heterocycles. The lowest BCUT2D eigenvalue weighted by atomic mass is 10.1. The molecular weight excluding hydrogens is 294 g/mol. The first-order chi connectivity index (χ1) is 10.9. The number of rotatable bonds is 4. The maximum atomic E-state index is 12.8. The quantitative estimate of drug-likeness (QED) is 0.926. The third-order valence-electron chi connectivity index (χ3n) is 4.76. The van der Waals surface area contributed by atoms with Crippen molar-refractivity contribution in [2.45, 2.75) is 57.6 Å². The maximum Gasteiger partial charge on any atom is 0.326 e. The van der Waals surface area contributed by atoms with Crippen LogP contribution >= 0.6 is 0 Å². The highest BCUT2D eigenvalue weighted by atomic mass is 16.5. The van der Waals surface area contributed by atoms with Crippen molar-refractivity contribution in [1.29, 1.82) is 0 Å². The second kappa shape index (κ2) is 5.87. The molecule has 0 saturated carbocycles. The van der Waals surface area contributed by atoms with Gasteiger partial charge in [-0.05, 0) is 69.2 Å². The van der Waals surface area contributed by atoms with Gasteiger partial charge in [0.25, 0.3) is 5.91 Å². The summed E-state index contributed by atoms with van der Waals surface area (Å²) in [7, 11) is 0. The molecule has 1 saturated heterocycles. The van der Waals surface area contributed by atoms with Crippen LogP contribution in [-0.4, -0.2) is 40.1 Å². The predicted octanol–water partition coefficient (Wildman–Crippen LogP) is 2.41. The summed E-state index contributed by atoms with van der Waals surface area (Å²) in [5, 5.41) is 9.26. The van der Waals surface area contributed by atoms with Gasteiger partial charge in [0.15, 0.2) is 5.60 Å². The fourth-order valence-electron chi connectivity index (χ4n) is 3.56. The number of amides is 1. The Morgan fingerprint density at radius 2 is 1.96 bits per heavy atom. The summed E-state index contributed by atoms with van der Waals surface area (Å²) >= 11 is 0. The van der Waals surface area contributed by atoms with E-state index in [0.29, 0.717) is 18.7 Å². The lowest BCUT2D eigenvalue weighted by Gasteiger charge is -2.32. The van der Waals surface area contributed by atoms with Crippen molar-refractivity contribution in [2.24, 2.45) is 0 Å². The van der Waals surface area contributed by atoms with Gasteiger partial charge in [-0.1, -0.05) is 6.07 Å². The highest BCUT2D eigenvalue weighted by Crippen LogP contribution is 2.29. The number of ether oxygens (including phenoxy) is 1. The van der Waals surface area contributed by atoms with Gasteiger partial charge in [-0.3, -0.25) is 4.79 Å². The van der Waals surface area contributed by atoms with E-state index in [1.54, 1.807) is 13.8 Å². The number of nitrogens with zero attached hydrogens (tertiary/aromatic N) is 1. The van der Waals surface area contributed by atoms with Crippen molar-refractivity contribution < 1.29 is 19.4 Å². The fraction of sp³-hybridized carbons (Fsp3) is 0.556. The monoisotopic (exact) mass is 317 g/mol. The molecule has 3 rings (SSSR count). The molecule has 0 bridgehead atoms. The van der Waals surface area contributed by atoms with Gasteiger partial charge >= 0.3 is 5.97 Å². The van der Waals surface area contributed by atoms with E-state index in [9.17, 15) is 14.7 Å². The van der Waals surface area contributed by atoms with Crippen molar-refractivity contribution in [2.75, 3.05) is 6.54 Å². The summed E-state index contributed by atoms with van der Waals surface area (Å²) in [6.45, 7) is 3.90. The molecule has 1 fully saturated rings. The minimum Gasteiger partial charge on any atom is -0.480 e. The van der Waals surface area contributed by atoms with Crippen LogP contribution in [0.5, 0.6) is 5.75 Å². The minimum absolute atomic E-state index is 0.261. The van der Waals surface area contributed by atoms with Gasteiger partial charge in [0.05, 0.1) is 0 Å². The van der Waals surface area contributed by atoms with Crippen molar-refractivity contribution in [3.05, 3.63) is 29.3 Å². The molecule has 5 nitrogen and oxygen atoms in total. The average molecular weight is 317 g/mol. The molecule has 1 aromatic rings. The van der Waals surface area contributed by atoms with Crippen LogP contribution in [0, 0.1) is 0 Å². The highest BCUT2D eigenvalue weighted by Gasteiger charge is 2.42. The van der Waals surface area contributed by atoms with Gasteiger partial charge in [0.2, 0.25) is 0 Å². The smallest absolute Gasteiger partial charge is 0.326 e. The summed E-state index contributed by atoms with van der Waals surface area (Å²) in [5.74, 6) is -0.526. The van der Waals surface area contributed by atoms with Crippen LogP contribution in [-0.2, 0) is 22.4 Å². The number of benzene rings is 1. The number of carboxylic acids is 1. The van der Waals surface area contributed by atoms with E-state index in [0.717, 1.165) is 25.7 Å². The van der Waals surface area contributed by atoms with Gasteiger partial charge in [-0.2, -0.15) is 0 Å². The van der Waals surface area contributed by atoms with Gasteiger partial charge in [-0.15, -0.1) is 0 Å². The normalized spacial score (nSPS) is 20.4. The Kier molecular flexibility index (Phi) is 4.04. The van der Waals surface area contributed by atoms with Gasteiger partial charge < -0.3 is 14.7 Å². The molecule has 1 aliphatic carbocycles. The van der Waals surface area contributed by atoms with Crippen LogP contribution < -0.4 is 4.74 Å². The third kappa shape index (κ3) is 3.05. The Morgan fingerprint density at radius 1 is 1.22 bits per heavy atom. The molecule has 0 aromatic heterocycles. The highest BCUT2D eigenvalue weighted by molar-refractivity contribution is 5.89. The number of carbonyl (C=O) groups excluding carboxylic acids is 1. The van der Waals surface area contributed by atoms with Crippen molar-refractivity contribution in [1.82, 2.24) is 4.90 Å². The third-order valence-corrected chi connectivity index (χ3v) is 4.76. The van der Waals surface area contributed by atoms with Crippen molar-refractivity contribution in [3.63, 3.8) is 0 Å². The molecule has 23 heavy (non-hydrogen) atoms. The molecule has 1 aromatic carbocycles. The molecular formula is C18H23NO4. The zero-order valence-electron chi connectivity index (χ0n) is 13.7. The van der Waals surface area contributed by atoms with Crippen LogP contribution in [0.25, 0.3) is 0 Å². The molecule has 1 amide bonds. The molecule has 1 unspecified atom stereocenters. The summed E-state index contributed by atoms with van der Waals surface area (Å²) in [6, 6.07) is 5.24. The van der Waals surface area contributed by atoms with Gasteiger partial charge in [0, 0.05) is 6.54 Å². The molecule has 1 N–H and O–H groups in total. The average Bonchev–Trinajstić information content (AvgIpc) is 3.14. The summed E-state index contributed by atoms with van der Waals surface area (Å²) in [5.41, 5.74) is 1.56. The predicted molar refractivity (Wildman–Crippen MR) is 85.5 cm³/mol. The van der Waals surface area contributed by atoms with Crippen LogP contribution in [0.3, 0.4) is 0 Å². The number of hydrogen-bond acceptors (Lipinski definition) is 3. The first-order valence-electron chi connectivity index (χ1n) is 8.23. The van der Waals surface area contributed by atoms with Crippen molar-refractivity contribution >= 4 is 11.9 Å².